The van der Waals surface area contributed by atoms with Crippen LogP contribution in [0.2, 0.25) is 0 Å². The molecule has 1 amide bonds. The minimum absolute atomic E-state index is 0.0519. The minimum atomic E-state index is -4.00. The van der Waals surface area contributed by atoms with Crippen LogP contribution in [0, 0.1) is 12.8 Å². The lowest BCUT2D eigenvalue weighted by Crippen LogP contribution is -2.47. The molecule has 10 heteroatoms. The van der Waals surface area contributed by atoms with Crippen LogP contribution in [0.15, 0.2) is 29.2 Å². The highest BCUT2D eigenvalue weighted by molar-refractivity contribution is 7.86. The van der Waals surface area contributed by atoms with Gasteiger partial charge < -0.3 is 14.6 Å². The van der Waals surface area contributed by atoms with Crippen LogP contribution in [0.4, 0.5) is 4.79 Å². The Morgan fingerprint density at radius 1 is 1.17 bits per heavy atom. The fraction of sp³-hybridized carbons (Fsp3) is 0.680. The van der Waals surface area contributed by atoms with Crippen LogP contribution in [0.5, 0.6) is 0 Å². The van der Waals surface area contributed by atoms with Crippen molar-refractivity contribution in [3.05, 3.63) is 29.8 Å². The lowest BCUT2D eigenvalue weighted by molar-refractivity contribution is -0.150. The number of carbonyl (C=O) groups is 2. The van der Waals surface area contributed by atoms with Gasteiger partial charge >= 0.3 is 12.1 Å². The van der Waals surface area contributed by atoms with Crippen molar-refractivity contribution in [3.8, 4) is 0 Å². The van der Waals surface area contributed by atoms with Gasteiger partial charge in [-0.2, -0.15) is 8.42 Å². The molecule has 35 heavy (non-hydrogen) atoms. The normalized spacial score (nSPS) is 21.6. The molecule has 9 nitrogen and oxygen atoms in total. The molecule has 0 aromatic heterocycles. The van der Waals surface area contributed by atoms with Crippen molar-refractivity contribution in [1.29, 1.82) is 0 Å². The van der Waals surface area contributed by atoms with Crippen LogP contribution in [0.3, 0.4) is 0 Å². The van der Waals surface area contributed by atoms with Crippen LogP contribution in [0.25, 0.3) is 0 Å². The van der Waals surface area contributed by atoms with E-state index in [2.05, 4.69) is 0 Å². The first-order chi connectivity index (χ1) is 16.5. The third kappa shape index (κ3) is 7.65. The molecule has 0 bridgehead atoms. The van der Waals surface area contributed by atoms with Crippen molar-refractivity contribution in [3.63, 3.8) is 0 Å². The van der Waals surface area contributed by atoms with Crippen molar-refractivity contribution in [2.24, 2.45) is 5.92 Å². The van der Waals surface area contributed by atoms with Gasteiger partial charge in [0.2, 0.25) is 0 Å². The molecule has 3 rings (SSSR count). The number of nitrogens with zero attached hydrogens (tertiary/aromatic N) is 1. The maximum absolute atomic E-state index is 12.7. The second-order valence-electron chi connectivity index (χ2n) is 10.0. The van der Waals surface area contributed by atoms with Gasteiger partial charge in [-0.3, -0.25) is 13.9 Å². The zero-order chi connectivity index (χ0) is 25.6. The number of esters is 1. The summed E-state index contributed by atoms with van der Waals surface area (Å²) >= 11 is 0. The molecule has 1 saturated carbocycles. The largest absolute Gasteiger partial charge is 0.465 e. The molecule has 0 spiro atoms. The van der Waals surface area contributed by atoms with Crippen molar-refractivity contribution >= 4 is 22.2 Å². The molecule has 1 aliphatic carbocycles. The average Bonchev–Trinajstić information content (AvgIpc) is 3.10. The van der Waals surface area contributed by atoms with Crippen molar-refractivity contribution in [2.45, 2.75) is 94.9 Å². The van der Waals surface area contributed by atoms with Crippen molar-refractivity contribution < 1.29 is 36.8 Å². The highest BCUT2D eigenvalue weighted by Gasteiger charge is 2.44. The third-order valence-corrected chi connectivity index (χ3v) is 8.06. The topological polar surface area (TPSA) is 119 Å². The maximum atomic E-state index is 12.7. The molecule has 1 unspecified atom stereocenters. The monoisotopic (exact) mass is 511 g/mol. The Labute approximate surface area is 207 Å². The highest BCUT2D eigenvalue weighted by atomic mass is 32.2. The second kappa shape index (κ2) is 11.7. The fourth-order valence-corrected chi connectivity index (χ4v) is 5.78. The van der Waals surface area contributed by atoms with Gasteiger partial charge in [-0.1, -0.05) is 24.1 Å². The Hall–Kier alpha value is -2.17. The molecule has 1 aromatic carbocycles. The van der Waals surface area contributed by atoms with E-state index >= 15 is 0 Å². The van der Waals surface area contributed by atoms with Crippen LogP contribution in [0.1, 0.15) is 70.8 Å². The SMILES string of the molecule is Cc1ccc(S(=O)(=O)OC[C@H](CCC(=O)OC2CCCCC2)CC2COC(C)(C)N2C(=O)O)cc1. The van der Waals surface area contributed by atoms with Gasteiger partial charge in [0.05, 0.1) is 24.2 Å². The van der Waals surface area contributed by atoms with E-state index in [4.69, 9.17) is 13.7 Å². The van der Waals surface area contributed by atoms with E-state index in [0.29, 0.717) is 12.8 Å². The summed E-state index contributed by atoms with van der Waals surface area (Å²) in [6.07, 6.45) is 4.56. The molecule has 0 radical (unpaired) electrons. The summed E-state index contributed by atoms with van der Waals surface area (Å²) in [5.74, 6) is -0.708. The summed E-state index contributed by atoms with van der Waals surface area (Å²) in [5.41, 5.74) is -0.0635. The minimum Gasteiger partial charge on any atom is -0.465 e. The van der Waals surface area contributed by atoms with Crippen LogP contribution in [-0.4, -0.2) is 61.6 Å². The van der Waals surface area contributed by atoms with E-state index in [-0.39, 0.29) is 36.6 Å². The number of aryl methyl sites for hydroxylation is 1. The Morgan fingerprint density at radius 3 is 2.46 bits per heavy atom. The second-order valence-corrected chi connectivity index (χ2v) is 11.6. The van der Waals surface area contributed by atoms with Crippen molar-refractivity contribution in [2.75, 3.05) is 13.2 Å². The lowest BCUT2D eigenvalue weighted by Gasteiger charge is -2.32. The molecule has 2 atom stereocenters. The van der Waals surface area contributed by atoms with E-state index in [0.717, 1.165) is 37.7 Å². The number of amides is 1. The standard InChI is InChI=1S/C25H37NO8S/c1-18-9-12-22(13-10-18)35(30,31)33-16-19(11-14-23(27)34-21-7-5-4-6-8-21)15-20-17-32-25(2,3)26(20)24(28)29/h9-10,12-13,19-21H,4-8,11,14-17H2,1-3H3,(H,28,29)/t19-,20?/m1/s1. The average molecular weight is 512 g/mol. The number of benzene rings is 1. The predicted octanol–water partition coefficient (Wildman–Crippen LogP) is 4.48. The molecule has 2 fully saturated rings. The summed E-state index contributed by atoms with van der Waals surface area (Å²) in [7, 11) is -4.00. The number of hydrogen-bond donors (Lipinski definition) is 1. The van der Waals surface area contributed by atoms with Crippen LogP contribution >= 0.6 is 0 Å². The number of hydrogen-bond acceptors (Lipinski definition) is 7. The quantitative estimate of drug-likeness (QED) is 0.361. The molecular weight excluding hydrogens is 474 g/mol. The fourth-order valence-electron chi connectivity index (χ4n) is 4.81. The van der Waals surface area contributed by atoms with Gasteiger partial charge in [-0.05, 0) is 77.3 Å². The first-order valence-electron chi connectivity index (χ1n) is 12.3. The molecule has 1 heterocycles. The van der Waals surface area contributed by atoms with E-state index in [1.165, 1.54) is 17.0 Å². The summed E-state index contributed by atoms with van der Waals surface area (Å²) in [6, 6.07) is 5.88. The summed E-state index contributed by atoms with van der Waals surface area (Å²) in [5, 5.41) is 9.71. The van der Waals surface area contributed by atoms with Crippen LogP contribution in [-0.2, 0) is 28.6 Å². The number of rotatable bonds is 10. The Balaban J connectivity index is 1.66. The zero-order valence-corrected chi connectivity index (χ0v) is 21.6. The number of carboxylic acid groups (broad SMARTS) is 1. The summed E-state index contributed by atoms with van der Waals surface area (Å²) in [6.45, 7) is 5.23. The van der Waals surface area contributed by atoms with E-state index in [1.807, 2.05) is 6.92 Å². The van der Waals surface area contributed by atoms with Gasteiger partial charge in [0.15, 0.2) is 0 Å². The van der Waals surface area contributed by atoms with Crippen molar-refractivity contribution in [1.82, 2.24) is 4.90 Å². The molecule has 1 N–H and O–H groups in total. The Morgan fingerprint density at radius 2 is 1.83 bits per heavy atom. The summed E-state index contributed by atoms with van der Waals surface area (Å²) in [4.78, 5) is 25.6. The predicted molar refractivity (Wildman–Crippen MR) is 128 cm³/mol. The molecular formula is C25H37NO8S. The van der Waals surface area contributed by atoms with Gasteiger partial charge in [0.1, 0.15) is 11.8 Å². The van der Waals surface area contributed by atoms with E-state index in [9.17, 15) is 23.1 Å². The maximum Gasteiger partial charge on any atom is 0.409 e. The Bertz CT molecular complexity index is 970. The van der Waals surface area contributed by atoms with Gasteiger partial charge in [-0.25, -0.2) is 4.79 Å². The molecule has 2 aliphatic rings. The van der Waals surface area contributed by atoms with E-state index < -0.39 is 33.9 Å². The molecule has 196 valence electrons. The van der Waals surface area contributed by atoms with Gasteiger partial charge in [0, 0.05) is 6.42 Å². The molecule has 1 aromatic rings. The van der Waals surface area contributed by atoms with E-state index in [1.54, 1.807) is 26.0 Å². The Kier molecular flexibility index (Phi) is 9.17. The van der Waals surface area contributed by atoms with Gasteiger partial charge in [0.25, 0.3) is 10.1 Å². The molecule has 1 aliphatic heterocycles. The lowest BCUT2D eigenvalue weighted by atomic mass is 9.95. The highest BCUT2D eigenvalue weighted by Crippen LogP contribution is 2.32. The third-order valence-electron chi connectivity index (χ3n) is 6.76. The first-order valence-corrected chi connectivity index (χ1v) is 13.7. The van der Waals surface area contributed by atoms with Crippen LogP contribution < -0.4 is 0 Å². The number of ether oxygens (including phenoxy) is 2. The smallest absolute Gasteiger partial charge is 0.409 e. The molecule has 1 saturated heterocycles. The summed E-state index contributed by atoms with van der Waals surface area (Å²) < 4.78 is 42.1. The first kappa shape index (κ1) is 27.4. The van der Waals surface area contributed by atoms with Gasteiger partial charge in [-0.15, -0.1) is 0 Å². The number of carbonyl (C=O) groups excluding carboxylic acids is 1. The zero-order valence-electron chi connectivity index (χ0n) is 20.8.